The highest BCUT2D eigenvalue weighted by atomic mass is 35.5. The Morgan fingerprint density at radius 2 is 2.38 bits per heavy atom. The summed E-state index contributed by atoms with van der Waals surface area (Å²) < 4.78 is 0. The lowest BCUT2D eigenvalue weighted by atomic mass is 10.1. The number of likely N-dealkylation sites (N-methyl/N-ethyl adjacent to an activating group) is 1. The maximum atomic E-state index is 11.7. The van der Waals surface area contributed by atoms with Crippen molar-refractivity contribution in [2.75, 3.05) is 13.6 Å². The highest BCUT2D eigenvalue weighted by Crippen LogP contribution is 2.10. The lowest BCUT2D eigenvalue weighted by Crippen LogP contribution is -2.53. The minimum atomic E-state index is 0. The smallest absolute Gasteiger partial charge is 0.239 e. The maximum Gasteiger partial charge on any atom is 0.239 e. The number of rotatable bonds is 3. The first-order chi connectivity index (χ1) is 6.77. The molecule has 1 saturated heterocycles. The van der Waals surface area contributed by atoms with Gasteiger partial charge in [0.25, 0.3) is 0 Å². The summed E-state index contributed by atoms with van der Waals surface area (Å²) in [6.07, 6.45) is 2.72. The average molecular weight is 284 g/mol. The molecule has 0 radical (unpaired) electrons. The van der Waals surface area contributed by atoms with Gasteiger partial charge in [-0.1, -0.05) is 0 Å². The highest BCUT2D eigenvalue weighted by Gasteiger charge is 2.27. The standard InChI is InChI=1S/C9H13N3OS.2ClH/c1-12(6-8-11-4-5-14-8)9(13)7-2-3-10-7;;/h4-5,7,10H,2-3,6H2,1H3;2*1H/t7-;;/m1../s1. The Hall–Kier alpha value is -0.360. The van der Waals surface area contributed by atoms with Gasteiger partial charge >= 0.3 is 0 Å². The third-order valence-corrected chi connectivity index (χ3v) is 3.12. The fraction of sp³-hybridized carbons (Fsp3) is 0.556. The maximum absolute atomic E-state index is 11.7. The second-order valence-electron chi connectivity index (χ2n) is 3.42. The third-order valence-electron chi connectivity index (χ3n) is 2.35. The first-order valence-electron chi connectivity index (χ1n) is 4.64. The van der Waals surface area contributed by atoms with E-state index in [9.17, 15) is 4.79 Å². The van der Waals surface area contributed by atoms with Crippen molar-refractivity contribution in [3.63, 3.8) is 0 Å². The molecule has 0 aliphatic carbocycles. The zero-order valence-corrected chi connectivity index (χ0v) is 11.3. The molecule has 16 heavy (non-hydrogen) atoms. The zero-order chi connectivity index (χ0) is 9.97. The highest BCUT2D eigenvalue weighted by molar-refractivity contribution is 7.09. The Balaban J connectivity index is 0.00000112. The molecule has 1 amide bonds. The molecule has 4 nitrogen and oxygen atoms in total. The predicted octanol–water partition coefficient (Wildman–Crippen LogP) is 1.31. The number of amides is 1. The molecule has 0 aromatic carbocycles. The van der Waals surface area contributed by atoms with Crippen LogP contribution in [0.5, 0.6) is 0 Å². The van der Waals surface area contributed by atoms with Crippen molar-refractivity contribution in [3.8, 4) is 0 Å². The number of halogens is 2. The SMILES string of the molecule is CN(Cc1nccs1)C(=O)[C@H]1CCN1.Cl.Cl. The number of hydrogen-bond acceptors (Lipinski definition) is 4. The summed E-state index contributed by atoms with van der Waals surface area (Å²) in [7, 11) is 1.82. The van der Waals surface area contributed by atoms with Crippen LogP contribution in [-0.4, -0.2) is 35.4 Å². The van der Waals surface area contributed by atoms with Gasteiger partial charge in [-0.05, 0) is 13.0 Å². The van der Waals surface area contributed by atoms with Gasteiger partial charge in [0.1, 0.15) is 5.01 Å². The number of carbonyl (C=O) groups excluding carboxylic acids is 1. The van der Waals surface area contributed by atoms with Crippen molar-refractivity contribution < 1.29 is 4.79 Å². The van der Waals surface area contributed by atoms with Gasteiger partial charge in [-0.25, -0.2) is 4.98 Å². The second-order valence-corrected chi connectivity index (χ2v) is 4.39. The minimum absolute atomic E-state index is 0. The van der Waals surface area contributed by atoms with Crippen LogP contribution in [0.4, 0.5) is 0 Å². The first kappa shape index (κ1) is 15.6. The van der Waals surface area contributed by atoms with Gasteiger partial charge in [-0.15, -0.1) is 36.2 Å². The average Bonchev–Trinajstić information content (AvgIpc) is 2.53. The van der Waals surface area contributed by atoms with Crippen molar-refractivity contribution in [1.29, 1.82) is 0 Å². The van der Waals surface area contributed by atoms with Gasteiger partial charge in [0.2, 0.25) is 5.91 Å². The molecule has 92 valence electrons. The van der Waals surface area contributed by atoms with Crippen molar-refractivity contribution >= 4 is 42.1 Å². The molecule has 1 aromatic rings. The molecule has 7 heteroatoms. The normalized spacial score (nSPS) is 17.7. The van der Waals surface area contributed by atoms with E-state index in [0.29, 0.717) is 6.54 Å². The van der Waals surface area contributed by atoms with Crippen LogP contribution in [0.3, 0.4) is 0 Å². The largest absolute Gasteiger partial charge is 0.338 e. The van der Waals surface area contributed by atoms with Crippen LogP contribution in [0.2, 0.25) is 0 Å². The molecule has 2 heterocycles. The van der Waals surface area contributed by atoms with Crippen LogP contribution in [0.25, 0.3) is 0 Å². The molecule has 1 aliphatic rings. The van der Waals surface area contributed by atoms with Crippen molar-refractivity contribution in [2.24, 2.45) is 0 Å². The fourth-order valence-corrected chi connectivity index (χ4v) is 2.05. The van der Waals surface area contributed by atoms with Gasteiger partial charge in [0, 0.05) is 18.6 Å². The summed E-state index contributed by atoms with van der Waals surface area (Å²) in [6, 6.07) is 0.0416. The lowest BCUT2D eigenvalue weighted by Gasteiger charge is -2.30. The summed E-state index contributed by atoms with van der Waals surface area (Å²) in [6.45, 7) is 1.58. The van der Waals surface area contributed by atoms with E-state index in [1.807, 2.05) is 12.4 Å². The number of carbonyl (C=O) groups is 1. The Kier molecular flexibility index (Phi) is 6.90. The molecular weight excluding hydrogens is 269 g/mol. The summed E-state index contributed by atoms with van der Waals surface area (Å²) in [4.78, 5) is 17.6. The van der Waals surface area contributed by atoms with Gasteiger partial charge in [0.05, 0.1) is 12.6 Å². The Morgan fingerprint density at radius 1 is 1.69 bits per heavy atom. The number of aromatic nitrogens is 1. The van der Waals surface area contributed by atoms with Crippen LogP contribution in [0.1, 0.15) is 11.4 Å². The molecule has 2 rings (SSSR count). The summed E-state index contributed by atoms with van der Waals surface area (Å²) >= 11 is 1.58. The van der Waals surface area contributed by atoms with Gasteiger partial charge in [0.15, 0.2) is 0 Å². The van der Waals surface area contributed by atoms with Gasteiger partial charge in [-0.2, -0.15) is 0 Å². The number of nitrogens with one attached hydrogen (secondary N) is 1. The Bertz CT molecular complexity index is 317. The predicted molar refractivity (Wildman–Crippen MR) is 69.5 cm³/mol. The number of hydrogen-bond donors (Lipinski definition) is 1. The topological polar surface area (TPSA) is 45.2 Å². The molecular formula is C9H15Cl2N3OS. The van der Waals surface area contributed by atoms with Crippen LogP contribution in [-0.2, 0) is 11.3 Å². The molecule has 1 atom stereocenters. The zero-order valence-electron chi connectivity index (χ0n) is 8.88. The van der Waals surface area contributed by atoms with Crippen molar-refractivity contribution in [3.05, 3.63) is 16.6 Å². The second kappa shape index (κ2) is 7.06. The quantitative estimate of drug-likeness (QED) is 0.910. The molecule has 0 unspecified atom stereocenters. The number of thiazole rings is 1. The van der Waals surface area contributed by atoms with Crippen molar-refractivity contribution in [2.45, 2.75) is 19.0 Å². The Morgan fingerprint density at radius 3 is 2.81 bits per heavy atom. The molecule has 0 spiro atoms. The van der Waals surface area contributed by atoms with Crippen LogP contribution in [0, 0.1) is 0 Å². The third kappa shape index (κ3) is 3.59. The number of nitrogens with zero attached hydrogens (tertiary/aromatic N) is 2. The molecule has 1 aromatic heterocycles. The van der Waals surface area contributed by atoms with E-state index in [-0.39, 0.29) is 36.8 Å². The molecule has 1 aliphatic heterocycles. The Labute approximate surface area is 111 Å². The molecule has 0 saturated carbocycles. The van der Waals surface area contributed by atoms with E-state index in [1.165, 1.54) is 0 Å². The van der Waals surface area contributed by atoms with Crippen LogP contribution in [0.15, 0.2) is 11.6 Å². The van der Waals surface area contributed by atoms with E-state index < -0.39 is 0 Å². The minimum Gasteiger partial charge on any atom is -0.338 e. The van der Waals surface area contributed by atoms with Gasteiger partial charge in [-0.3, -0.25) is 4.79 Å². The van der Waals surface area contributed by atoms with E-state index in [2.05, 4.69) is 10.3 Å². The molecule has 1 fully saturated rings. The summed E-state index contributed by atoms with van der Waals surface area (Å²) in [5.74, 6) is 0.173. The van der Waals surface area contributed by atoms with Crippen LogP contribution >= 0.6 is 36.2 Å². The first-order valence-corrected chi connectivity index (χ1v) is 5.52. The van der Waals surface area contributed by atoms with E-state index >= 15 is 0 Å². The van der Waals surface area contributed by atoms with E-state index in [0.717, 1.165) is 18.0 Å². The fourth-order valence-electron chi connectivity index (χ4n) is 1.38. The summed E-state index contributed by atoms with van der Waals surface area (Å²) in [5.41, 5.74) is 0. The van der Waals surface area contributed by atoms with E-state index in [4.69, 9.17) is 0 Å². The molecule has 1 N–H and O–H groups in total. The van der Waals surface area contributed by atoms with Gasteiger partial charge < -0.3 is 10.2 Å². The lowest BCUT2D eigenvalue weighted by molar-refractivity contribution is -0.134. The monoisotopic (exact) mass is 283 g/mol. The van der Waals surface area contributed by atoms with Crippen molar-refractivity contribution in [1.82, 2.24) is 15.2 Å². The van der Waals surface area contributed by atoms with E-state index in [1.54, 1.807) is 22.4 Å². The summed E-state index contributed by atoms with van der Waals surface area (Å²) in [5, 5.41) is 6.01. The molecule has 0 bridgehead atoms. The van der Waals surface area contributed by atoms with Crippen LogP contribution < -0.4 is 5.32 Å².